The van der Waals surface area contributed by atoms with Crippen LogP contribution in [-0.4, -0.2) is 43.3 Å². The van der Waals surface area contributed by atoms with E-state index in [2.05, 4.69) is 18.7 Å². The predicted octanol–water partition coefficient (Wildman–Crippen LogP) is 1.22. The van der Waals surface area contributed by atoms with Gasteiger partial charge in [-0.3, -0.25) is 0 Å². The van der Waals surface area contributed by atoms with Crippen LogP contribution in [0.1, 0.15) is 33.1 Å². The summed E-state index contributed by atoms with van der Waals surface area (Å²) >= 11 is 0. The minimum atomic E-state index is 0.383. The molecule has 14 heavy (non-hydrogen) atoms. The van der Waals surface area contributed by atoms with Gasteiger partial charge in [0.25, 0.3) is 0 Å². The summed E-state index contributed by atoms with van der Waals surface area (Å²) in [6, 6.07) is 0.383. The van der Waals surface area contributed by atoms with E-state index in [-0.39, 0.29) is 0 Å². The lowest BCUT2D eigenvalue weighted by atomic mass is 10.3. The van der Waals surface area contributed by atoms with Crippen LogP contribution in [0, 0.1) is 0 Å². The monoisotopic (exact) mass is 200 g/mol. The van der Waals surface area contributed by atoms with Gasteiger partial charge >= 0.3 is 0 Å². The van der Waals surface area contributed by atoms with Crippen molar-refractivity contribution in [1.29, 1.82) is 0 Å². The van der Waals surface area contributed by atoms with Gasteiger partial charge in [0.15, 0.2) is 0 Å². The van der Waals surface area contributed by atoms with Crippen LogP contribution in [0.25, 0.3) is 0 Å². The summed E-state index contributed by atoms with van der Waals surface area (Å²) in [7, 11) is 0. The second kappa shape index (κ2) is 6.38. The molecule has 3 heteroatoms. The molecule has 0 radical (unpaired) electrons. The zero-order chi connectivity index (χ0) is 10.4. The molecule has 1 fully saturated rings. The molecule has 0 aromatic rings. The largest absolute Gasteiger partial charge is 0.377 e. The summed E-state index contributed by atoms with van der Waals surface area (Å²) in [6.45, 7) is 8.52. The molecule has 0 aliphatic heterocycles. The van der Waals surface area contributed by atoms with Crippen molar-refractivity contribution < 1.29 is 4.74 Å². The third-order valence-corrected chi connectivity index (χ3v) is 3.08. The zero-order valence-electron chi connectivity index (χ0n) is 9.54. The van der Waals surface area contributed by atoms with Gasteiger partial charge < -0.3 is 15.4 Å². The molecule has 1 rings (SSSR count). The molecule has 84 valence electrons. The fraction of sp³-hybridized carbons (Fsp3) is 1.00. The Morgan fingerprint density at radius 1 is 1.29 bits per heavy atom. The Balaban J connectivity index is 2.03. The van der Waals surface area contributed by atoms with Crippen molar-refractivity contribution in [3.05, 3.63) is 0 Å². The van der Waals surface area contributed by atoms with Crippen LogP contribution in [0.5, 0.6) is 0 Å². The van der Waals surface area contributed by atoms with Crippen LogP contribution in [0.4, 0.5) is 0 Å². The van der Waals surface area contributed by atoms with Crippen molar-refractivity contribution in [1.82, 2.24) is 4.90 Å². The minimum Gasteiger partial charge on any atom is -0.377 e. The van der Waals surface area contributed by atoms with Crippen molar-refractivity contribution in [3.8, 4) is 0 Å². The number of hydrogen-bond acceptors (Lipinski definition) is 3. The average molecular weight is 200 g/mol. The van der Waals surface area contributed by atoms with Gasteiger partial charge in [-0.15, -0.1) is 0 Å². The molecule has 0 bridgehead atoms. The second-order valence-corrected chi connectivity index (χ2v) is 4.09. The molecule has 2 unspecified atom stereocenters. The highest BCUT2D eigenvalue weighted by molar-refractivity contribution is 4.78. The van der Waals surface area contributed by atoms with Gasteiger partial charge in [-0.05, 0) is 32.4 Å². The molecule has 0 heterocycles. The maximum absolute atomic E-state index is 5.82. The van der Waals surface area contributed by atoms with E-state index in [0.717, 1.165) is 45.5 Å². The highest BCUT2D eigenvalue weighted by atomic mass is 16.5. The fourth-order valence-corrected chi connectivity index (χ4v) is 2.01. The lowest BCUT2D eigenvalue weighted by Gasteiger charge is -2.19. The van der Waals surface area contributed by atoms with Crippen molar-refractivity contribution in [3.63, 3.8) is 0 Å². The smallest absolute Gasteiger partial charge is 0.0597 e. The maximum atomic E-state index is 5.82. The van der Waals surface area contributed by atoms with E-state index in [4.69, 9.17) is 10.5 Å². The van der Waals surface area contributed by atoms with E-state index in [1.165, 1.54) is 0 Å². The van der Waals surface area contributed by atoms with Gasteiger partial charge in [0.05, 0.1) is 12.7 Å². The first-order chi connectivity index (χ1) is 6.76. The molecular formula is C11H24N2O. The Kier molecular flexibility index (Phi) is 5.45. The van der Waals surface area contributed by atoms with Crippen LogP contribution in [0.3, 0.4) is 0 Å². The number of nitrogens with zero attached hydrogens (tertiary/aromatic N) is 1. The highest BCUT2D eigenvalue weighted by Crippen LogP contribution is 2.19. The first-order valence-corrected chi connectivity index (χ1v) is 5.85. The van der Waals surface area contributed by atoms with Crippen LogP contribution >= 0.6 is 0 Å². The normalized spacial score (nSPS) is 27.4. The molecule has 0 aromatic heterocycles. The molecular weight excluding hydrogens is 176 g/mol. The molecule has 1 aliphatic carbocycles. The predicted molar refractivity (Wildman–Crippen MR) is 59.4 cm³/mol. The molecule has 3 nitrogen and oxygen atoms in total. The average Bonchev–Trinajstić information content (AvgIpc) is 2.59. The molecule has 0 amide bonds. The van der Waals surface area contributed by atoms with E-state index >= 15 is 0 Å². The molecule has 2 N–H and O–H groups in total. The first kappa shape index (κ1) is 12.0. The Morgan fingerprint density at radius 3 is 2.50 bits per heavy atom. The van der Waals surface area contributed by atoms with E-state index in [1.807, 2.05) is 0 Å². The number of rotatable bonds is 6. The van der Waals surface area contributed by atoms with Gasteiger partial charge in [-0.2, -0.15) is 0 Å². The fourth-order valence-electron chi connectivity index (χ4n) is 2.01. The van der Waals surface area contributed by atoms with Crippen molar-refractivity contribution in [2.45, 2.75) is 45.3 Å². The molecule has 0 spiro atoms. The third kappa shape index (κ3) is 3.95. The van der Waals surface area contributed by atoms with Crippen LogP contribution in [-0.2, 0) is 4.74 Å². The molecule has 1 aliphatic rings. The van der Waals surface area contributed by atoms with Gasteiger partial charge in [0.2, 0.25) is 0 Å². The van der Waals surface area contributed by atoms with E-state index in [1.54, 1.807) is 0 Å². The number of likely N-dealkylation sites (N-methyl/N-ethyl adjacent to an activating group) is 1. The standard InChI is InChI=1S/C11H24N2O/c1-3-13(4-2)7-8-14-11-6-5-10(12)9-11/h10-11H,3-9,12H2,1-2H3. The zero-order valence-corrected chi connectivity index (χ0v) is 9.54. The Bertz CT molecular complexity index is 148. The summed E-state index contributed by atoms with van der Waals surface area (Å²) in [5.41, 5.74) is 5.82. The third-order valence-electron chi connectivity index (χ3n) is 3.08. The number of nitrogens with two attached hydrogens (primary N) is 1. The SMILES string of the molecule is CCN(CC)CCOC1CCC(N)C1. The van der Waals surface area contributed by atoms with Crippen LogP contribution < -0.4 is 5.73 Å². The molecule has 2 atom stereocenters. The molecule has 1 saturated carbocycles. The maximum Gasteiger partial charge on any atom is 0.0597 e. The molecule has 0 saturated heterocycles. The molecule has 0 aromatic carbocycles. The van der Waals surface area contributed by atoms with Gasteiger partial charge in [0, 0.05) is 12.6 Å². The minimum absolute atomic E-state index is 0.383. The summed E-state index contributed by atoms with van der Waals surface area (Å²) in [5.74, 6) is 0. The summed E-state index contributed by atoms with van der Waals surface area (Å²) in [5, 5.41) is 0. The lowest BCUT2D eigenvalue weighted by molar-refractivity contribution is 0.0427. The lowest BCUT2D eigenvalue weighted by Crippen LogP contribution is -2.28. The van der Waals surface area contributed by atoms with E-state index in [0.29, 0.717) is 12.1 Å². The summed E-state index contributed by atoms with van der Waals surface area (Å²) < 4.78 is 5.79. The van der Waals surface area contributed by atoms with Crippen molar-refractivity contribution in [2.75, 3.05) is 26.2 Å². The Hall–Kier alpha value is -0.120. The topological polar surface area (TPSA) is 38.5 Å². The van der Waals surface area contributed by atoms with Gasteiger partial charge in [0.1, 0.15) is 0 Å². The van der Waals surface area contributed by atoms with Gasteiger partial charge in [-0.1, -0.05) is 13.8 Å². The van der Waals surface area contributed by atoms with Crippen molar-refractivity contribution >= 4 is 0 Å². The number of hydrogen-bond donors (Lipinski definition) is 1. The summed E-state index contributed by atoms with van der Waals surface area (Å²) in [6.07, 6.45) is 3.77. The van der Waals surface area contributed by atoms with Crippen LogP contribution in [0.15, 0.2) is 0 Å². The first-order valence-electron chi connectivity index (χ1n) is 5.85. The van der Waals surface area contributed by atoms with Crippen LogP contribution in [0.2, 0.25) is 0 Å². The summed E-state index contributed by atoms with van der Waals surface area (Å²) in [4.78, 5) is 2.38. The second-order valence-electron chi connectivity index (χ2n) is 4.09. The van der Waals surface area contributed by atoms with E-state index in [9.17, 15) is 0 Å². The van der Waals surface area contributed by atoms with E-state index < -0.39 is 0 Å². The number of ether oxygens (including phenoxy) is 1. The highest BCUT2D eigenvalue weighted by Gasteiger charge is 2.21. The van der Waals surface area contributed by atoms with Gasteiger partial charge in [-0.25, -0.2) is 0 Å². The Morgan fingerprint density at radius 2 is 2.00 bits per heavy atom. The Labute approximate surface area is 87.6 Å². The van der Waals surface area contributed by atoms with Crippen molar-refractivity contribution in [2.24, 2.45) is 5.73 Å². The quantitative estimate of drug-likeness (QED) is 0.701.